The number of rotatable bonds is 8. The normalized spacial score (nSPS) is 39.0. The molecule has 5 fully saturated rings. The molecule has 0 N–H and O–H groups in total. The number of benzene rings is 1. The Morgan fingerprint density at radius 1 is 0.636 bits per heavy atom. The summed E-state index contributed by atoms with van der Waals surface area (Å²) in [5.41, 5.74) is 4.60. The van der Waals surface area contributed by atoms with Gasteiger partial charge in [-0.25, -0.2) is 0 Å². The molecule has 6 rings (SSSR count). The third-order valence-corrected chi connectivity index (χ3v) is 11.5. The summed E-state index contributed by atoms with van der Waals surface area (Å²) in [4.78, 5) is 0. The van der Waals surface area contributed by atoms with Crippen LogP contribution in [0.3, 0.4) is 0 Å². The second-order valence-corrected chi connectivity index (χ2v) is 13.1. The highest BCUT2D eigenvalue weighted by Gasteiger charge is 2.52. The van der Waals surface area contributed by atoms with Crippen LogP contribution in [-0.2, 0) is 5.41 Å². The maximum Gasteiger partial charge on any atom is -0.00463 e. The van der Waals surface area contributed by atoms with E-state index in [-0.39, 0.29) is 0 Å². The minimum absolute atomic E-state index is 0.525. The Bertz CT molecular complexity index is 701. The Morgan fingerprint density at radius 3 is 1.79 bits per heavy atom. The molecule has 0 amide bonds. The van der Waals surface area contributed by atoms with Gasteiger partial charge >= 0.3 is 0 Å². The molecule has 0 aliphatic heterocycles. The first-order valence-corrected chi connectivity index (χ1v) is 15.3. The van der Waals surface area contributed by atoms with E-state index in [1.807, 2.05) is 0 Å². The van der Waals surface area contributed by atoms with Gasteiger partial charge in [-0.05, 0) is 123 Å². The molecule has 0 aromatic heterocycles. The minimum Gasteiger partial charge on any atom is -0.0654 e. The van der Waals surface area contributed by atoms with Gasteiger partial charge in [0, 0.05) is 0 Å². The predicted molar refractivity (Wildman–Crippen MR) is 143 cm³/mol. The number of hydrogen-bond donors (Lipinski definition) is 0. The summed E-state index contributed by atoms with van der Waals surface area (Å²) < 4.78 is 0. The number of hydrogen-bond acceptors (Lipinski definition) is 0. The molecule has 0 atom stereocenters. The maximum atomic E-state index is 2.57. The lowest BCUT2D eigenvalue weighted by atomic mass is 9.47. The molecular weight excluding hydrogens is 396 g/mol. The standard InChI is InChI=1S/C33H52/c1-3-5-7-27-10-16-30(17-11-27)32-20-23-33(24-21-32,25-22-32)31-18-14-29(15-19-31)28-12-8-26(6-4-2)9-13-28/h14-15,18-19,26-28,30H,3-13,16-17,20-25H2,1-2H3/t26-,27?,28-,30?,32?,33?. The Balaban J connectivity index is 1.16. The van der Waals surface area contributed by atoms with Crippen LogP contribution in [0.2, 0.25) is 0 Å². The summed E-state index contributed by atoms with van der Waals surface area (Å²) in [5, 5.41) is 0. The van der Waals surface area contributed by atoms with Gasteiger partial charge in [0.25, 0.3) is 0 Å². The maximum absolute atomic E-state index is 2.57. The molecule has 33 heavy (non-hydrogen) atoms. The van der Waals surface area contributed by atoms with Crippen molar-refractivity contribution in [2.45, 2.75) is 147 Å². The average Bonchev–Trinajstić information content (AvgIpc) is 2.89. The third kappa shape index (κ3) is 4.97. The lowest BCUT2D eigenvalue weighted by Crippen LogP contribution is -2.48. The summed E-state index contributed by atoms with van der Waals surface area (Å²) >= 11 is 0. The van der Waals surface area contributed by atoms with Crippen molar-refractivity contribution in [3.05, 3.63) is 35.4 Å². The first kappa shape index (κ1) is 23.9. The Hall–Kier alpha value is -0.780. The zero-order chi connectivity index (χ0) is 22.7. The van der Waals surface area contributed by atoms with Gasteiger partial charge in [-0.1, -0.05) is 83.1 Å². The van der Waals surface area contributed by atoms with Crippen molar-refractivity contribution in [1.29, 1.82) is 0 Å². The van der Waals surface area contributed by atoms with Crippen LogP contribution in [0.25, 0.3) is 0 Å². The van der Waals surface area contributed by atoms with Gasteiger partial charge in [0.1, 0.15) is 0 Å². The Labute approximate surface area is 205 Å². The minimum atomic E-state index is 0.525. The van der Waals surface area contributed by atoms with Crippen molar-refractivity contribution in [2.24, 2.45) is 23.2 Å². The topological polar surface area (TPSA) is 0 Å². The SMILES string of the molecule is CCCCC1CCC(C23CCC(c4ccc([C@H]5CC[C@H](CCC)CC5)cc4)(CC2)CC3)CC1. The van der Waals surface area contributed by atoms with E-state index < -0.39 is 0 Å². The van der Waals surface area contributed by atoms with Crippen molar-refractivity contribution < 1.29 is 0 Å². The van der Waals surface area contributed by atoms with E-state index >= 15 is 0 Å². The second kappa shape index (κ2) is 10.5. The molecule has 2 bridgehead atoms. The van der Waals surface area contributed by atoms with Crippen LogP contribution in [0.1, 0.15) is 153 Å². The molecule has 1 aromatic rings. The van der Waals surface area contributed by atoms with Crippen LogP contribution in [0.15, 0.2) is 24.3 Å². The number of unbranched alkanes of at least 4 members (excludes halogenated alkanes) is 1. The van der Waals surface area contributed by atoms with Crippen molar-refractivity contribution in [3.63, 3.8) is 0 Å². The van der Waals surface area contributed by atoms with E-state index in [1.165, 1.54) is 96.3 Å². The third-order valence-electron chi connectivity index (χ3n) is 11.5. The van der Waals surface area contributed by atoms with Crippen LogP contribution in [0.4, 0.5) is 0 Å². The van der Waals surface area contributed by atoms with Gasteiger partial charge in [-0.15, -0.1) is 0 Å². The largest absolute Gasteiger partial charge is 0.0654 e. The van der Waals surface area contributed by atoms with E-state index in [4.69, 9.17) is 0 Å². The molecule has 5 aliphatic carbocycles. The Kier molecular flexibility index (Phi) is 7.58. The molecule has 5 saturated carbocycles. The van der Waals surface area contributed by atoms with E-state index in [0.717, 1.165) is 29.1 Å². The van der Waals surface area contributed by atoms with Gasteiger partial charge < -0.3 is 0 Å². The zero-order valence-corrected chi connectivity index (χ0v) is 22.1. The van der Waals surface area contributed by atoms with Crippen LogP contribution < -0.4 is 0 Å². The van der Waals surface area contributed by atoms with E-state index in [1.54, 1.807) is 36.8 Å². The lowest BCUT2D eigenvalue weighted by Gasteiger charge is -2.58. The molecule has 0 heterocycles. The molecule has 0 saturated heterocycles. The Morgan fingerprint density at radius 2 is 1.21 bits per heavy atom. The molecule has 0 radical (unpaired) electrons. The highest BCUT2D eigenvalue weighted by Crippen LogP contribution is 2.62. The zero-order valence-electron chi connectivity index (χ0n) is 22.1. The van der Waals surface area contributed by atoms with Gasteiger partial charge in [0.05, 0.1) is 0 Å². The molecule has 184 valence electrons. The fourth-order valence-electron chi connectivity index (χ4n) is 9.12. The molecular formula is C33H52. The van der Waals surface area contributed by atoms with Crippen molar-refractivity contribution >= 4 is 0 Å². The fourth-order valence-corrected chi connectivity index (χ4v) is 9.12. The average molecular weight is 449 g/mol. The summed E-state index contributed by atoms with van der Waals surface area (Å²) in [6, 6.07) is 10.2. The molecule has 1 aromatic carbocycles. The van der Waals surface area contributed by atoms with Crippen LogP contribution >= 0.6 is 0 Å². The van der Waals surface area contributed by atoms with Gasteiger partial charge in [0.15, 0.2) is 0 Å². The van der Waals surface area contributed by atoms with Crippen LogP contribution in [-0.4, -0.2) is 0 Å². The predicted octanol–water partition coefficient (Wildman–Crippen LogP) is 10.3. The first-order chi connectivity index (χ1) is 16.2. The van der Waals surface area contributed by atoms with Crippen molar-refractivity contribution in [1.82, 2.24) is 0 Å². The van der Waals surface area contributed by atoms with Crippen molar-refractivity contribution in [3.8, 4) is 0 Å². The van der Waals surface area contributed by atoms with Crippen molar-refractivity contribution in [2.75, 3.05) is 0 Å². The quantitative estimate of drug-likeness (QED) is 0.371. The first-order valence-electron chi connectivity index (χ1n) is 15.3. The highest BCUT2D eigenvalue weighted by molar-refractivity contribution is 5.33. The van der Waals surface area contributed by atoms with Gasteiger partial charge in [0.2, 0.25) is 0 Å². The summed E-state index contributed by atoms with van der Waals surface area (Å²) in [6.45, 7) is 4.71. The monoisotopic (exact) mass is 448 g/mol. The van der Waals surface area contributed by atoms with Crippen LogP contribution in [0.5, 0.6) is 0 Å². The smallest absolute Gasteiger partial charge is 0.00463 e. The molecule has 0 heteroatoms. The highest BCUT2D eigenvalue weighted by atomic mass is 14.6. The summed E-state index contributed by atoms with van der Waals surface area (Å²) in [5.74, 6) is 3.96. The van der Waals surface area contributed by atoms with E-state index in [0.29, 0.717) is 5.41 Å². The van der Waals surface area contributed by atoms with E-state index in [9.17, 15) is 0 Å². The fraction of sp³-hybridized carbons (Fsp3) is 0.818. The molecule has 0 nitrogen and oxygen atoms in total. The summed E-state index contributed by atoms with van der Waals surface area (Å²) in [7, 11) is 0. The lowest BCUT2D eigenvalue weighted by molar-refractivity contribution is -0.0294. The molecule has 5 aliphatic rings. The second-order valence-electron chi connectivity index (χ2n) is 13.1. The summed E-state index contributed by atoms with van der Waals surface area (Å²) in [6.07, 6.45) is 28.2. The van der Waals surface area contributed by atoms with E-state index in [2.05, 4.69) is 38.1 Å². The molecule has 0 unspecified atom stereocenters. The van der Waals surface area contributed by atoms with Gasteiger partial charge in [-0.3, -0.25) is 0 Å². The van der Waals surface area contributed by atoms with Gasteiger partial charge in [-0.2, -0.15) is 0 Å². The number of fused-ring (bicyclic) bond motifs is 3. The van der Waals surface area contributed by atoms with Crippen LogP contribution in [0, 0.1) is 23.2 Å². The molecule has 0 spiro atoms.